The van der Waals surface area contributed by atoms with E-state index < -0.39 is 0 Å². The fourth-order valence-electron chi connectivity index (χ4n) is 2.45. The maximum Gasteiger partial charge on any atom is 0.262 e. The molecule has 0 spiro atoms. The molecule has 1 aliphatic rings. The van der Waals surface area contributed by atoms with Crippen molar-refractivity contribution in [1.82, 2.24) is 0 Å². The van der Waals surface area contributed by atoms with Crippen LogP contribution in [0, 0.1) is 0 Å². The van der Waals surface area contributed by atoms with Crippen molar-refractivity contribution in [1.29, 1.82) is 0 Å². The van der Waals surface area contributed by atoms with E-state index in [2.05, 4.69) is 19.2 Å². The minimum atomic E-state index is -0.222. The molecule has 24 heavy (non-hydrogen) atoms. The maximum absolute atomic E-state index is 12.0. The minimum Gasteiger partial charge on any atom is -0.484 e. The van der Waals surface area contributed by atoms with Crippen molar-refractivity contribution < 1.29 is 19.0 Å². The molecule has 0 bridgehead atoms. The van der Waals surface area contributed by atoms with Gasteiger partial charge in [0.05, 0.1) is 0 Å². The zero-order valence-electron chi connectivity index (χ0n) is 13.9. The summed E-state index contributed by atoms with van der Waals surface area (Å²) in [6.45, 7) is 4.52. The summed E-state index contributed by atoms with van der Waals surface area (Å²) < 4.78 is 16.1. The summed E-state index contributed by atoms with van der Waals surface area (Å²) >= 11 is 0. The highest BCUT2D eigenvalue weighted by Crippen LogP contribution is 2.34. The van der Waals surface area contributed by atoms with E-state index in [1.54, 1.807) is 18.2 Å². The van der Waals surface area contributed by atoms with Crippen molar-refractivity contribution in [3.63, 3.8) is 0 Å². The predicted octanol–water partition coefficient (Wildman–Crippen LogP) is 3.95. The van der Waals surface area contributed by atoms with E-state index in [0.717, 1.165) is 6.42 Å². The van der Waals surface area contributed by atoms with Crippen LogP contribution in [-0.2, 0) is 4.79 Å². The maximum atomic E-state index is 12.0. The zero-order chi connectivity index (χ0) is 16.9. The Labute approximate surface area is 141 Å². The lowest BCUT2D eigenvalue weighted by molar-refractivity contribution is -0.118. The van der Waals surface area contributed by atoms with Gasteiger partial charge in [-0.25, -0.2) is 0 Å². The molecule has 1 aliphatic heterocycles. The van der Waals surface area contributed by atoms with Gasteiger partial charge >= 0.3 is 0 Å². The first kappa shape index (κ1) is 16.2. The van der Waals surface area contributed by atoms with Crippen LogP contribution in [0.5, 0.6) is 17.2 Å². The molecule has 0 aromatic heterocycles. The summed E-state index contributed by atoms with van der Waals surface area (Å²) in [6, 6.07) is 13.2. The van der Waals surface area contributed by atoms with Crippen LogP contribution in [0.3, 0.4) is 0 Å². The van der Waals surface area contributed by atoms with E-state index in [-0.39, 0.29) is 19.3 Å². The second-order valence-corrected chi connectivity index (χ2v) is 5.78. The fraction of sp³-hybridized carbons (Fsp3) is 0.316. The number of rotatable bonds is 6. The van der Waals surface area contributed by atoms with Crippen molar-refractivity contribution in [3.8, 4) is 17.2 Å². The number of ether oxygens (including phenoxy) is 3. The number of hydrogen-bond donors (Lipinski definition) is 1. The van der Waals surface area contributed by atoms with Crippen molar-refractivity contribution in [2.75, 3.05) is 18.7 Å². The number of fused-ring (bicyclic) bond motifs is 1. The Balaban J connectivity index is 1.52. The molecule has 5 nitrogen and oxygen atoms in total. The Hall–Kier alpha value is -2.69. The standard InChI is InChI=1S/C19H21NO4/c1-3-13(2)14-4-7-16(8-5-14)22-11-19(21)20-15-6-9-17-18(10-15)24-12-23-17/h4-10,13H,3,11-12H2,1-2H3,(H,20,21)/t13-/m0/s1. The van der Waals surface area contributed by atoms with E-state index in [0.29, 0.717) is 28.9 Å². The molecule has 1 N–H and O–H groups in total. The minimum absolute atomic E-state index is 0.0445. The van der Waals surface area contributed by atoms with E-state index in [1.165, 1.54) is 5.56 Å². The molecule has 3 rings (SSSR count). The SMILES string of the molecule is CC[C@H](C)c1ccc(OCC(=O)Nc2ccc3c(c2)OCO3)cc1. The molecule has 5 heteroatoms. The lowest BCUT2D eigenvalue weighted by Gasteiger charge is -2.11. The molecule has 0 fully saturated rings. The second kappa shape index (κ2) is 7.25. The van der Waals surface area contributed by atoms with Gasteiger partial charge in [-0.1, -0.05) is 26.0 Å². The van der Waals surface area contributed by atoms with Gasteiger partial charge in [-0.15, -0.1) is 0 Å². The van der Waals surface area contributed by atoms with Gasteiger partial charge in [0.15, 0.2) is 18.1 Å². The number of nitrogens with one attached hydrogen (secondary N) is 1. The molecule has 1 heterocycles. The average Bonchev–Trinajstić information content (AvgIpc) is 3.07. The summed E-state index contributed by atoms with van der Waals surface area (Å²) in [5.74, 6) is 2.30. The first-order chi connectivity index (χ1) is 11.7. The zero-order valence-corrected chi connectivity index (χ0v) is 13.9. The Morgan fingerprint density at radius 1 is 1.17 bits per heavy atom. The van der Waals surface area contributed by atoms with Gasteiger partial charge in [-0.3, -0.25) is 4.79 Å². The average molecular weight is 327 g/mol. The highest BCUT2D eigenvalue weighted by atomic mass is 16.7. The molecule has 0 unspecified atom stereocenters. The molecular weight excluding hydrogens is 306 g/mol. The Morgan fingerprint density at radius 3 is 2.67 bits per heavy atom. The van der Waals surface area contributed by atoms with Gasteiger partial charge in [0.25, 0.3) is 5.91 Å². The van der Waals surface area contributed by atoms with Gasteiger partial charge in [0.1, 0.15) is 5.75 Å². The number of benzene rings is 2. The lowest BCUT2D eigenvalue weighted by atomic mass is 9.99. The summed E-state index contributed by atoms with van der Waals surface area (Å²) in [7, 11) is 0. The number of carbonyl (C=O) groups excluding carboxylic acids is 1. The highest BCUT2D eigenvalue weighted by molar-refractivity contribution is 5.92. The third kappa shape index (κ3) is 3.79. The fourth-order valence-corrected chi connectivity index (χ4v) is 2.45. The van der Waals surface area contributed by atoms with Crippen molar-refractivity contribution in [2.24, 2.45) is 0 Å². The van der Waals surface area contributed by atoms with Gasteiger partial charge in [-0.05, 0) is 42.2 Å². The Morgan fingerprint density at radius 2 is 1.92 bits per heavy atom. The molecule has 0 radical (unpaired) electrons. The molecule has 1 amide bonds. The van der Waals surface area contributed by atoms with Crippen LogP contribution in [0.25, 0.3) is 0 Å². The van der Waals surface area contributed by atoms with E-state index in [9.17, 15) is 4.79 Å². The van der Waals surface area contributed by atoms with Crippen LogP contribution in [0.15, 0.2) is 42.5 Å². The summed E-state index contributed by atoms with van der Waals surface area (Å²) in [5.41, 5.74) is 1.93. The van der Waals surface area contributed by atoms with Crippen LogP contribution in [0.2, 0.25) is 0 Å². The quantitative estimate of drug-likeness (QED) is 0.873. The molecule has 2 aromatic carbocycles. The largest absolute Gasteiger partial charge is 0.484 e. The van der Waals surface area contributed by atoms with Crippen LogP contribution >= 0.6 is 0 Å². The van der Waals surface area contributed by atoms with Crippen LogP contribution in [0.1, 0.15) is 31.7 Å². The van der Waals surface area contributed by atoms with Crippen molar-refractivity contribution in [2.45, 2.75) is 26.2 Å². The molecule has 0 saturated heterocycles. The molecule has 0 aliphatic carbocycles. The smallest absolute Gasteiger partial charge is 0.262 e. The number of amides is 1. The van der Waals surface area contributed by atoms with Gasteiger partial charge in [0, 0.05) is 11.8 Å². The van der Waals surface area contributed by atoms with E-state index >= 15 is 0 Å². The van der Waals surface area contributed by atoms with Gasteiger partial charge in [-0.2, -0.15) is 0 Å². The number of carbonyl (C=O) groups is 1. The molecule has 126 valence electrons. The second-order valence-electron chi connectivity index (χ2n) is 5.78. The molecule has 2 aromatic rings. The lowest BCUT2D eigenvalue weighted by Crippen LogP contribution is -2.20. The molecular formula is C19H21NO4. The summed E-state index contributed by atoms with van der Waals surface area (Å²) in [5, 5.41) is 2.78. The van der Waals surface area contributed by atoms with Crippen molar-refractivity contribution in [3.05, 3.63) is 48.0 Å². The van der Waals surface area contributed by atoms with Gasteiger partial charge < -0.3 is 19.5 Å². The predicted molar refractivity (Wildman–Crippen MR) is 91.8 cm³/mol. The highest BCUT2D eigenvalue weighted by Gasteiger charge is 2.14. The monoisotopic (exact) mass is 327 g/mol. The third-order valence-electron chi connectivity index (χ3n) is 4.09. The third-order valence-corrected chi connectivity index (χ3v) is 4.09. The van der Waals surface area contributed by atoms with Crippen molar-refractivity contribution >= 4 is 11.6 Å². The first-order valence-corrected chi connectivity index (χ1v) is 8.08. The van der Waals surface area contributed by atoms with Crippen LogP contribution in [0.4, 0.5) is 5.69 Å². The molecule has 1 atom stereocenters. The number of anilines is 1. The first-order valence-electron chi connectivity index (χ1n) is 8.08. The summed E-state index contributed by atoms with van der Waals surface area (Å²) in [6.07, 6.45) is 1.10. The summed E-state index contributed by atoms with van der Waals surface area (Å²) in [4.78, 5) is 12.0. The topological polar surface area (TPSA) is 56.8 Å². The van der Waals surface area contributed by atoms with Crippen LogP contribution < -0.4 is 19.5 Å². The Kier molecular flexibility index (Phi) is 4.89. The molecule has 0 saturated carbocycles. The number of hydrogen-bond acceptors (Lipinski definition) is 4. The van der Waals surface area contributed by atoms with E-state index in [4.69, 9.17) is 14.2 Å². The normalized spacial score (nSPS) is 13.4. The Bertz CT molecular complexity index is 712. The van der Waals surface area contributed by atoms with Gasteiger partial charge in [0.2, 0.25) is 6.79 Å². The van der Waals surface area contributed by atoms with E-state index in [1.807, 2.05) is 24.3 Å². The van der Waals surface area contributed by atoms with Crippen LogP contribution in [-0.4, -0.2) is 19.3 Å².